The number of hydrogen-bond acceptors (Lipinski definition) is 4. The van der Waals surface area contributed by atoms with Crippen molar-refractivity contribution in [2.45, 2.75) is 13.0 Å². The molecule has 0 spiro atoms. The van der Waals surface area contributed by atoms with E-state index in [1.54, 1.807) is 6.07 Å². The smallest absolute Gasteiger partial charge is 0.251 e. The Kier molecular flexibility index (Phi) is 5.01. The minimum absolute atomic E-state index is 0.181. The van der Waals surface area contributed by atoms with E-state index in [0.717, 1.165) is 5.56 Å². The van der Waals surface area contributed by atoms with Crippen molar-refractivity contribution in [3.05, 3.63) is 57.7 Å². The van der Waals surface area contributed by atoms with Crippen LogP contribution < -0.4 is 16.6 Å². The summed E-state index contributed by atoms with van der Waals surface area (Å²) in [5.74, 6) is 5.31. The van der Waals surface area contributed by atoms with E-state index in [1.165, 1.54) is 12.1 Å². The zero-order valence-corrected chi connectivity index (χ0v) is 12.7. The van der Waals surface area contributed by atoms with E-state index in [9.17, 15) is 4.79 Å². The van der Waals surface area contributed by atoms with Crippen molar-refractivity contribution >= 4 is 34.9 Å². The van der Waals surface area contributed by atoms with E-state index in [2.05, 4.69) is 15.7 Å². The van der Waals surface area contributed by atoms with Gasteiger partial charge >= 0.3 is 0 Å². The predicted octanol–water partition coefficient (Wildman–Crippen LogP) is 3.17. The second kappa shape index (κ2) is 6.76. The zero-order chi connectivity index (χ0) is 15.4. The van der Waals surface area contributed by atoms with Crippen molar-refractivity contribution in [3.63, 3.8) is 0 Å². The molecule has 1 aromatic carbocycles. The van der Waals surface area contributed by atoms with Crippen LogP contribution in [0.1, 0.15) is 28.9 Å². The molecule has 0 saturated heterocycles. The third-order valence-corrected chi connectivity index (χ3v) is 3.46. The van der Waals surface area contributed by atoms with Crippen molar-refractivity contribution in [3.8, 4) is 0 Å². The average molecular weight is 325 g/mol. The van der Waals surface area contributed by atoms with Crippen LogP contribution in [0.25, 0.3) is 0 Å². The summed E-state index contributed by atoms with van der Waals surface area (Å²) in [7, 11) is 0. The molecule has 0 fully saturated rings. The number of amides is 1. The van der Waals surface area contributed by atoms with Crippen LogP contribution in [0.2, 0.25) is 10.2 Å². The summed E-state index contributed by atoms with van der Waals surface area (Å²) in [4.78, 5) is 16.2. The fourth-order valence-electron chi connectivity index (χ4n) is 1.89. The van der Waals surface area contributed by atoms with E-state index >= 15 is 0 Å². The first kappa shape index (κ1) is 15.6. The number of rotatable bonds is 4. The van der Waals surface area contributed by atoms with Gasteiger partial charge in [-0.15, -0.1) is 0 Å². The van der Waals surface area contributed by atoms with Crippen LogP contribution in [0.4, 0.5) is 5.82 Å². The van der Waals surface area contributed by atoms with Crippen LogP contribution in [0, 0.1) is 0 Å². The Morgan fingerprint density at radius 3 is 2.67 bits per heavy atom. The number of nitrogen functional groups attached to an aromatic ring is 1. The molecule has 5 nitrogen and oxygen atoms in total. The van der Waals surface area contributed by atoms with E-state index in [0.29, 0.717) is 16.4 Å². The fourth-order valence-corrected chi connectivity index (χ4v) is 2.39. The van der Waals surface area contributed by atoms with Crippen LogP contribution in [0.3, 0.4) is 0 Å². The second-order valence-electron chi connectivity index (χ2n) is 4.42. The summed E-state index contributed by atoms with van der Waals surface area (Å²) in [6.07, 6.45) is 0. The lowest BCUT2D eigenvalue weighted by Crippen LogP contribution is -2.27. The van der Waals surface area contributed by atoms with Gasteiger partial charge in [0, 0.05) is 10.6 Å². The quantitative estimate of drug-likeness (QED) is 0.458. The first-order valence-electron chi connectivity index (χ1n) is 6.20. The van der Waals surface area contributed by atoms with Gasteiger partial charge in [0.05, 0.1) is 6.04 Å². The third-order valence-electron chi connectivity index (χ3n) is 2.92. The number of carbonyl (C=O) groups is 1. The van der Waals surface area contributed by atoms with Gasteiger partial charge in [0.25, 0.3) is 5.91 Å². The van der Waals surface area contributed by atoms with Crippen molar-refractivity contribution in [1.82, 2.24) is 10.3 Å². The number of hydrogen-bond donors (Lipinski definition) is 3. The molecule has 21 heavy (non-hydrogen) atoms. The van der Waals surface area contributed by atoms with Crippen LogP contribution in [0.5, 0.6) is 0 Å². The highest BCUT2D eigenvalue weighted by Gasteiger charge is 2.15. The summed E-state index contributed by atoms with van der Waals surface area (Å²) >= 11 is 12.0. The standard InChI is InChI=1S/C14H14Cl2N4O/c1-8(10-4-2-3-5-11(10)15)18-14(21)9-6-12(16)19-13(7-9)20-17/h2-8H,17H2,1H3,(H,18,21)(H,19,20). The molecule has 1 aromatic heterocycles. The normalized spacial score (nSPS) is 11.8. The molecule has 0 bridgehead atoms. The molecule has 1 unspecified atom stereocenters. The van der Waals surface area contributed by atoms with Gasteiger partial charge in [0.1, 0.15) is 11.0 Å². The topological polar surface area (TPSA) is 80.0 Å². The number of hydrazine groups is 1. The van der Waals surface area contributed by atoms with E-state index < -0.39 is 0 Å². The maximum Gasteiger partial charge on any atom is 0.251 e. The molecule has 1 atom stereocenters. The number of anilines is 1. The van der Waals surface area contributed by atoms with Gasteiger partial charge in [0.2, 0.25) is 0 Å². The number of nitrogens with two attached hydrogens (primary N) is 1. The highest BCUT2D eigenvalue weighted by atomic mass is 35.5. The van der Waals surface area contributed by atoms with Crippen molar-refractivity contribution in [1.29, 1.82) is 0 Å². The summed E-state index contributed by atoms with van der Waals surface area (Å²) in [5.41, 5.74) is 3.56. The second-order valence-corrected chi connectivity index (χ2v) is 5.22. The lowest BCUT2D eigenvalue weighted by molar-refractivity contribution is 0.0940. The molecule has 1 heterocycles. The van der Waals surface area contributed by atoms with Crippen LogP contribution in [-0.4, -0.2) is 10.9 Å². The zero-order valence-electron chi connectivity index (χ0n) is 11.2. The third kappa shape index (κ3) is 3.85. The van der Waals surface area contributed by atoms with Crippen LogP contribution >= 0.6 is 23.2 Å². The molecule has 4 N–H and O–H groups in total. The monoisotopic (exact) mass is 324 g/mol. The lowest BCUT2D eigenvalue weighted by atomic mass is 10.1. The fraction of sp³-hybridized carbons (Fsp3) is 0.143. The van der Waals surface area contributed by atoms with Gasteiger partial charge in [0.15, 0.2) is 0 Å². The molecule has 2 rings (SSSR count). The number of benzene rings is 1. The molecule has 0 aliphatic carbocycles. The van der Waals surface area contributed by atoms with Crippen LogP contribution in [0.15, 0.2) is 36.4 Å². The Hall–Kier alpha value is -1.82. The first-order chi connectivity index (χ1) is 10.0. The predicted molar refractivity (Wildman–Crippen MR) is 84.4 cm³/mol. The molecule has 110 valence electrons. The van der Waals surface area contributed by atoms with E-state index in [1.807, 2.05) is 25.1 Å². The number of pyridine rings is 1. The van der Waals surface area contributed by atoms with Crippen molar-refractivity contribution in [2.24, 2.45) is 5.84 Å². The van der Waals surface area contributed by atoms with Crippen molar-refractivity contribution in [2.75, 3.05) is 5.43 Å². The van der Waals surface area contributed by atoms with Gasteiger partial charge in [-0.05, 0) is 30.7 Å². The molecule has 7 heteroatoms. The Balaban J connectivity index is 2.18. The molecular formula is C14H14Cl2N4O. The number of halogens is 2. The van der Waals surface area contributed by atoms with Crippen molar-refractivity contribution < 1.29 is 4.79 Å². The molecule has 0 radical (unpaired) electrons. The van der Waals surface area contributed by atoms with Gasteiger partial charge in [-0.2, -0.15) is 0 Å². The summed E-state index contributed by atoms with van der Waals surface area (Å²) < 4.78 is 0. The minimum atomic E-state index is -0.289. The molecule has 0 saturated carbocycles. The maximum atomic E-state index is 12.3. The number of nitrogens with one attached hydrogen (secondary N) is 2. The SMILES string of the molecule is CC(NC(=O)c1cc(Cl)nc(NN)c1)c1ccccc1Cl. The average Bonchev–Trinajstić information content (AvgIpc) is 2.46. The number of carbonyl (C=O) groups excluding carboxylic acids is 1. The molecular weight excluding hydrogens is 311 g/mol. The number of aromatic nitrogens is 1. The van der Waals surface area contributed by atoms with E-state index in [-0.39, 0.29) is 17.1 Å². The molecule has 1 amide bonds. The largest absolute Gasteiger partial charge is 0.345 e. The maximum absolute atomic E-state index is 12.3. The summed E-state index contributed by atoms with van der Waals surface area (Å²) in [5, 5.41) is 3.63. The summed E-state index contributed by atoms with van der Waals surface area (Å²) in [6.45, 7) is 1.85. The Bertz CT molecular complexity index is 663. The van der Waals surface area contributed by atoms with Gasteiger partial charge in [-0.1, -0.05) is 41.4 Å². The Labute approximate surface area is 132 Å². The molecule has 2 aromatic rings. The van der Waals surface area contributed by atoms with Gasteiger partial charge < -0.3 is 10.7 Å². The Morgan fingerprint density at radius 2 is 2.00 bits per heavy atom. The van der Waals surface area contributed by atoms with Gasteiger partial charge in [-0.25, -0.2) is 10.8 Å². The highest BCUT2D eigenvalue weighted by Crippen LogP contribution is 2.23. The lowest BCUT2D eigenvalue weighted by Gasteiger charge is -2.16. The van der Waals surface area contributed by atoms with E-state index in [4.69, 9.17) is 29.0 Å². The molecule has 0 aliphatic heterocycles. The molecule has 0 aliphatic rings. The number of nitrogens with zero attached hydrogens (tertiary/aromatic N) is 1. The minimum Gasteiger partial charge on any atom is -0.345 e. The summed E-state index contributed by atoms with van der Waals surface area (Å²) in [6, 6.07) is 10.1. The van der Waals surface area contributed by atoms with Gasteiger partial charge in [-0.3, -0.25) is 4.79 Å². The Morgan fingerprint density at radius 1 is 1.29 bits per heavy atom. The first-order valence-corrected chi connectivity index (χ1v) is 6.96. The van der Waals surface area contributed by atoms with Crippen LogP contribution in [-0.2, 0) is 0 Å². The highest BCUT2D eigenvalue weighted by molar-refractivity contribution is 6.31.